The Hall–Kier alpha value is -5.48. The van der Waals surface area contributed by atoms with Crippen molar-refractivity contribution >= 4 is 32.8 Å². The van der Waals surface area contributed by atoms with Gasteiger partial charge in [-0.2, -0.15) is 0 Å². The van der Waals surface area contributed by atoms with Crippen molar-refractivity contribution < 1.29 is 0 Å². The molecule has 0 aliphatic rings. The van der Waals surface area contributed by atoms with E-state index >= 15 is 0 Å². The van der Waals surface area contributed by atoms with Crippen molar-refractivity contribution in [3.63, 3.8) is 0 Å². The molecule has 0 aliphatic carbocycles. The third-order valence-electron chi connectivity index (χ3n) is 7.98. The highest BCUT2D eigenvalue weighted by atomic mass is 15.1. The fourth-order valence-electron chi connectivity index (χ4n) is 5.73. The molecule has 0 radical (unpaired) electrons. The van der Waals surface area contributed by atoms with Crippen LogP contribution in [-0.4, -0.2) is 19.5 Å². The number of imidazole rings is 2. The first-order valence-corrected chi connectivity index (χ1v) is 13.8. The van der Waals surface area contributed by atoms with Gasteiger partial charge in [0.15, 0.2) is 0 Å². The van der Waals surface area contributed by atoms with Crippen LogP contribution >= 0.6 is 0 Å². The summed E-state index contributed by atoms with van der Waals surface area (Å²) >= 11 is 0. The number of hydrogen-bond acceptors (Lipinski definition) is 2. The van der Waals surface area contributed by atoms with E-state index in [9.17, 15) is 0 Å². The number of para-hydroxylation sites is 4. The lowest BCUT2D eigenvalue weighted by molar-refractivity contribution is 0.959. The van der Waals surface area contributed by atoms with Crippen molar-refractivity contribution in [2.24, 2.45) is 7.05 Å². The molecular formula is C37H26N4. The normalized spacial score (nSPS) is 11.5. The van der Waals surface area contributed by atoms with E-state index in [1.54, 1.807) is 0 Å². The fourth-order valence-corrected chi connectivity index (χ4v) is 5.73. The molecule has 0 spiro atoms. The van der Waals surface area contributed by atoms with Gasteiger partial charge >= 0.3 is 0 Å². The summed E-state index contributed by atoms with van der Waals surface area (Å²) in [4.78, 5) is 13.0. The Morgan fingerprint density at radius 1 is 0.488 bits per heavy atom. The van der Waals surface area contributed by atoms with Crippen LogP contribution in [0.4, 0.5) is 0 Å². The van der Waals surface area contributed by atoms with E-state index in [-0.39, 0.29) is 0 Å². The Morgan fingerprint density at radius 2 is 1.05 bits per heavy atom. The molecule has 0 unspecified atom stereocenters. The summed E-state index contributed by atoms with van der Waals surface area (Å²) in [7, 11) is 2.08. The highest BCUT2D eigenvalue weighted by molar-refractivity contribution is 5.91. The van der Waals surface area contributed by atoms with Gasteiger partial charge in [0.05, 0.1) is 22.1 Å². The second kappa shape index (κ2) is 9.32. The summed E-state index contributed by atoms with van der Waals surface area (Å²) < 4.78 is 2.16. The van der Waals surface area contributed by atoms with Gasteiger partial charge in [-0.15, -0.1) is 0 Å². The lowest BCUT2D eigenvalue weighted by atomic mass is 9.97. The van der Waals surface area contributed by atoms with Crippen LogP contribution in [0.3, 0.4) is 0 Å². The minimum atomic E-state index is 0.892. The minimum absolute atomic E-state index is 0.892. The molecule has 0 atom stereocenters. The summed E-state index contributed by atoms with van der Waals surface area (Å²) in [6.45, 7) is 0. The zero-order chi connectivity index (χ0) is 27.3. The van der Waals surface area contributed by atoms with Crippen molar-refractivity contribution in [1.82, 2.24) is 19.5 Å². The Labute approximate surface area is 237 Å². The highest BCUT2D eigenvalue weighted by Gasteiger charge is 2.10. The molecule has 6 aromatic carbocycles. The maximum Gasteiger partial charge on any atom is 0.140 e. The molecule has 8 rings (SSSR count). The van der Waals surface area contributed by atoms with E-state index in [0.717, 1.165) is 44.8 Å². The van der Waals surface area contributed by atoms with Crippen molar-refractivity contribution in [3.8, 4) is 45.0 Å². The second-order valence-corrected chi connectivity index (χ2v) is 10.5. The first-order valence-electron chi connectivity index (χ1n) is 13.8. The number of aromatic amines is 1. The van der Waals surface area contributed by atoms with Crippen LogP contribution in [0, 0.1) is 0 Å². The highest BCUT2D eigenvalue weighted by Crippen LogP contribution is 2.31. The summed E-state index contributed by atoms with van der Waals surface area (Å²) in [5, 5.41) is 2.45. The van der Waals surface area contributed by atoms with Crippen LogP contribution in [-0.2, 0) is 7.05 Å². The van der Waals surface area contributed by atoms with Crippen LogP contribution in [0.15, 0.2) is 133 Å². The summed E-state index contributed by atoms with van der Waals surface area (Å²) in [6, 6.07) is 47.1. The molecular weight excluding hydrogens is 500 g/mol. The van der Waals surface area contributed by atoms with Gasteiger partial charge < -0.3 is 9.55 Å². The van der Waals surface area contributed by atoms with E-state index in [1.165, 1.54) is 33.0 Å². The minimum Gasteiger partial charge on any atom is -0.338 e. The van der Waals surface area contributed by atoms with Crippen LogP contribution in [0.1, 0.15) is 0 Å². The standard InChI is InChI=1S/C37H26N4/c1-41-35-9-5-4-8-34(35)40-37(41)28-18-12-25(13-19-28)30-21-15-26-14-20-29(22-31(26)23-30)24-10-16-27(17-11-24)36-38-32-6-2-3-7-33(32)39-36/h2-23H,1H3,(H,38,39). The van der Waals surface area contributed by atoms with Crippen LogP contribution < -0.4 is 0 Å². The number of hydrogen-bond donors (Lipinski definition) is 1. The molecule has 194 valence electrons. The van der Waals surface area contributed by atoms with Gasteiger partial charge in [0.25, 0.3) is 0 Å². The maximum atomic E-state index is 4.85. The van der Waals surface area contributed by atoms with Crippen LogP contribution in [0.25, 0.3) is 77.9 Å². The smallest absolute Gasteiger partial charge is 0.140 e. The number of aryl methyl sites for hydroxylation is 1. The van der Waals surface area contributed by atoms with Crippen LogP contribution in [0.5, 0.6) is 0 Å². The molecule has 8 aromatic rings. The second-order valence-electron chi connectivity index (χ2n) is 10.5. The Kier molecular flexibility index (Phi) is 5.32. The predicted octanol–water partition coefficient (Wildman–Crippen LogP) is 9.27. The van der Waals surface area contributed by atoms with E-state index in [2.05, 4.69) is 126 Å². The van der Waals surface area contributed by atoms with Gasteiger partial charge in [-0.25, -0.2) is 9.97 Å². The van der Waals surface area contributed by atoms with E-state index in [1.807, 2.05) is 24.3 Å². The molecule has 0 fully saturated rings. The molecule has 1 N–H and O–H groups in total. The van der Waals surface area contributed by atoms with Gasteiger partial charge in [0.2, 0.25) is 0 Å². The van der Waals surface area contributed by atoms with Gasteiger partial charge in [-0.05, 0) is 69.4 Å². The number of nitrogens with zero attached hydrogens (tertiary/aromatic N) is 3. The van der Waals surface area contributed by atoms with Gasteiger partial charge in [0, 0.05) is 18.2 Å². The molecule has 0 amide bonds. The first-order chi connectivity index (χ1) is 20.2. The monoisotopic (exact) mass is 526 g/mol. The van der Waals surface area contributed by atoms with E-state index < -0.39 is 0 Å². The number of fused-ring (bicyclic) bond motifs is 3. The van der Waals surface area contributed by atoms with E-state index in [4.69, 9.17) is 9.97 Å². The van der Waals surface area contributed by atoms with Crippen molar-refractivity contribution in [1.29, 1.82) is 0 Å². The molecule has 4 nitrogen and oxygen atoms in total. The lowest BCUT2D eigenvalue weighted by Crippen LogP contribution is -1.92. The van der Waals surface area contributed by atoms with Crippen LogP contribution in [0.2, 0.25) is 0 Å². The average Bonchev–Trinajstić information content (AvgIpc) is 3.62. The number of aromatic nitrogens is 4. The van der Waals surface area contributed by atoms with E-state index in [0.29, 0.717) is 0 Å². The average molecular weight is 527 g/mol. The molecule has 2 aromatic heterocycles. The Morgan fingerprint density at radius 3 is 1.71 bits per heavy atom. The SMILES string of the molecule is Cn1c(-c2ccc(-c3ccc4ccc(-c5ccc(-c6nc7ccccc7[nH]6)cc5)cc4c3)cc2)nc2ccccc21. The largest absolute Gasteiger partial charge is 0.338 e. The molecule has 0 saturated heterocycles. The summed E-state index contributed by atoms with van der Waals surface area (Å²) in [6.07, 6.45) is 0. The molecule has 0 aliphatic heterocycles. The number of benzene rings is 6. The topological polar surface area (TPSA) is 46.5 Å². The van der Waals surface area contributed by atoms with Crippen molar-refractivity contribution in [2.75, 3.05) is 0 Å². The third-order valence-corrected chi connectivity index (χ3v) is 7.98. The predicted molar refractivity (Wildman–Crippen MR) is 170 cm³/mol. The summed E-state index contributed by atoms with van der Waals surface area (Å²) in [5.41, 5.74) is 11.2. The maximum absolute atomic E-state index is 4.85. The number of nitrogens with one attached hydrogen (secondary N) is 1. The summed E-state index contributed by atoms with van der Waals surface area (Å²) in [5.74, 6) is 1.87. The lowest BCUT2D eigenvalue weighted by Gasteiger charge is -2.09. The molecule has 0 saturated carbocycles. The van der Waals surface area contributed by atoms with Gasteiger partial charge in [0.1, 0.15) is 11.6 Å². The molecule has 0 bridgehead atoms. The Bertz CT molecular complexity index is 2170. The fraction of sp³-hybridized carbons (Fsp3) is 0.0270. The zero-order valence-corrected chi connectivity index (χ0v) is 22.5. The van der Waals surface area contributed by atoms with Gasteiger partial charge in [-0.1, -0.05) is 97.1 Å². The number of H-pyrrole nitrogens is 1. The Balaban J connectivity index is 1.09. The number of rotatable bonds is 4. The molecule has 4 heteroatoms. The van der Waals surface area contributed by atoms with Crippen molar-refractivity contribution in [3.05, 3.63) is 133 Å². The molecule has 2 heterocycles. The molecule has 41 heavy (non-hydrogen) atoms. The van der Waals surface area contributed by atoms with Gasteiger partial charge in [-0.3, -0.25) is 0 Å². The third kappa shape index (κ3) is 4.09. The first kappa shape index (κ1) is 23.4. The van der Waals surface area contributed by atoms with Crippen molar-refractivity contribution in [2.45, 2.75) is 0 Å². The zero-order valence-electron chi connectivity index (χ0n) is 22.5. The quantitative estimate of drug-likeness (QED) is 0.248.